The topological polar surface area (TPSA) is 123 Å². The van der Waals surface area contributed by atoms with E-state index >= 15 is 0 Å². The summed E-state index contributed by atoms with van der Waals surface area (Å²) in [6, 6.07) is 13.4. The number of nitro benzene ring substituents is 1. The monoisotopic (exact) mass is 474 g/mol. The van der Waals surface area contributed by atoms with E-state index in [1.807, 2.05) is 6.92 Å². The third-order valence-electron chi connectivity index (χ3n) is 4.50. The largest absolute Gasteiger partial charge is 0.494 e. The van der Waals surface area contributed by atoms with Crippen LogP contribution in [-0.2, 0) is 10.0 Å². The third kappa shape index (κ3) is 5.21. The number of azo groups is 1. The molecule has 0 radical (unpaired) electrons. The molecule has 0 aromatic heterocycles. The summed E-state index contributed by atoms with van der Waals surface area (Å²) >= 11 is 6.04. The number of nitrogens with zero attached hydrogens (tertiary/aromatic N) is 3. The maximum atomic E-state index is 12.7. The standard InChI is InChI=1S/C21H19ClN4O5S/c1-13-4-7-16(8-5-13)32(29,30)25-20-10-14(2)19(12-21(20)31-3)24-23-18-9-6-15(26(27)28)11-17(18)22/h4-12,25H,1-3H3. The molecule has 1 N–H and O–H groups in total. The highest BCUT2D eigenvalue weighted by atomic mass is 35.5. The van der Waals surface area contributed by atoms with E-state index in [1.54, 1.807) is 25.1 Å². The summed E-state index contributed by atoms with van der Waals surface area (Å²) in [5.41, 5.74) is 2.32. The molecule has 0 saturated carbocycles. The summed E-state index contributed by atoms with van der Waals surface area (Å²) < 4.78 is 33.3. The maximum absolute atomic E-state index is 12.7. The summed E-state index contributed by atoms with van der Waals surface area (Å²) in [6.07, 6.45) is 0. The van der Waals surface area contributed by atoms with E-state index < -0.39 is 14.9 Å². The van der Waals surface area contributed by atoms with Gasteiger partial charge >= 0.3 is 0 Å². The minimum Gasteiger partial charge on any atom is -0.494 e. The lowest BCUT2D eigenvalue weighted by Gasteiger charge is -2.14. The number of anilines is 1. The van der Waals surface area contributed by atoms with Gasteiger partial charge in [0.05, 0.1) is 33.3 Å². The number of hydrogen-bond donors (Lipinski definition) is 1. The van der Waals surface area contributed by atoms with Crippen LogP contribution in [0.5, 0.6) is 5.75 Å². The van der Waals surface area contributed by atoms with Crippen molar-refractivity contribution in [2.24, 2.45) is 10.2 Å². The number of methoxy groups -OCH3 is 1. The zero-order valence-corrected chi connectivity index (χ0v) is 18.9. The van der Waals surface area contributed by atoms with Crippen LogP contribution in [0.1, 0.15) is 11.1 Å². The SMILES string of the molecule is COc1cc(N=Nc2ccc([N+](=O)[O-])cc2Cl)c(C)cc1NS(=O)(=O)c1ccc(C)cc1. The van der Waals surface area contributed by atoms with Crippen LogP contribution >= 0.6 is 11.6 Å². The van der Waals surface area contributed by atoms with Crippen molar-refractivity contribution in [2.45, 2.75) is 18.7 Å². The van der Waals surface area contributed by atoms with Crippen molar-refractivity contribution in [1.82, 2.24) is 0 Å². The molecular formula is C21H19ClN4O5S. The van der Waals surface area contributed by atoms with Gasteiger partial charge in [0.25, 0.3) is 15.7 Å². The normalized spacial score (nSPS) is 11.5. The van der Waals surface area contributed by atoms with Crippen LogP contribution in [0.4, 0.5) is 22.7 Å². The quantitative estimate of drug-likeness (QED) is 0.252. The smallest absolute Gasteiger partial charge is 0.271 e. The van der Waals surface area contributed by atoms with Crippen molar-refractivity contribution < 1.29 is 18.1 Å². The van der Waals surface area contributed by atoms with Gasteiger partial charge in [-0.25, -0.2) is 8.42 Å². The Bertz CT molecular complexity index is 1310. The zero-order chi connectivity index (χ0) is 23.5. The number of nitrogens with one attached hydrogen (secondary N) is 1. The van der Waals surface area contributed by atoms with Crippen molar-refractivity contribution in [2.75, 3.05) is 11.8 Å². The predicted molar refractivity (Wildman–Crippen MR) is 122 cm³/mol. The molecule has 3 rings (SSSR count). The van der Waals surface area contributed by atoms with Crippen LogP contribution in [0.25, 0.3) is 0 Å². The van der Waals surface area contributed by atoms with Gasteiger partial charge in [0, 0.05) is 18.2 Å². The van der Waals surface area contributed by atoms with E-state index in [0.717, 1.165) is 5.56 Å². The lowest BCUT2D eigenvalue weighted by Crippen LogP contribution is -2.13. The molecule has 0 aliphatic rings. The van der Waals surface area contributed by atoms with Gasteiger partial charge in [-0.1, -0.05) is 29.3 Å². The number of ether oxygens (including phenoxy) is 1. The second-order valence-electron chi connectivity index (χ2n) is 6.85. The van der Waals surface area contributed by atoms with E-state index in [0.29, 0.717) is 11.3 Å². The van der Waals surface area contributed by atoms with Gasteiger partial charge in [-0.3, -0.25) is 14.8 Å². The molecule has 3 aromatic carbocycles. The lowest BCUT2D eigenvalue weighted by molar-refractivity contribution is -0.384. The van der Waals surface area contributed by atoms with Crippen LogP contribution in [0.3, 0.4) is 0 Å². The molecule has 0 heterocycles. The van der Waals surface area contributed by atoms with Gasteiger partial charge in [-0.15, -0.1) is 5.11 Å². The fourth-order valence-electron chi connectivity index (χ4n) is 2.75. The Balaban J connectivity index is 1.90. The van der Waals surface area contributed by atoms with Crippen molar-refractivity contribution in [3.63, 3.8) is 0 Å². The summed E-state index contributed by atoms with van der Waals surface area (Å²) in [6.45, 7) is 3.60. The fourth-order valence-corrected chi connectivity index (χ4v) is 4.03. The molecule has 0 amide bonds. The Morgan fingerprint density at radius 3 is 2.25 bits per heavy atom. The number of sulfonamides is 1. The Hall–Kier alpha value is -3.50. The highest BCUT2D eigenvalue weighted by Gasteiger charge is 2.18. The first kappa shape index (κ1) is 23.2. The highest BCUT2D eigenvalue weighted by Crippen LogP contribution is 2.36. The molecule has 0 aliphatic carbocycles. The van der Waals surface area contributed by atoms with E-state index in [-0.39, 0.29) is 32.7 Å². The van der Waals surface area contributed by atoms with Crippen LogP contribution < -0.4 is 9.46 Å². The summed E-state index contributed by atoms with van der Waals surface area (Å²) in [5, 5.41) is 19.1. The van der Waals surface area contributed by atoms with Crippen molar-refractivity contribution >= 4 is 44.4 Å². The molecule has 0 spiro atoms. The number of halogens is 1. The second kappa shape index (κ2) is 9.33. The number of aryl methyl sites for hydroxylation is 2. The van der Waals surface area contributed by atoms with Gasteiger partial charge in [0.2, 0.25) is 0 Å². The Kier molecular flexibility index (Phi) is 6.75. The highest BCUT2D eigenvalue weighted by molar-refractivity contribution is 7.92. The summed E-state index contributed by atoms with van der Waals surface area (Å²) in [5.74, 6) is 0.245. The minimum atomic E-state index is -3.82. The molecule has 0 fully saturated rings. The van der Waals surface area contributed by atoms with Gasteiger partial charge in [0.15, 0.2) is 0 Å². The van der Waals surface area contributed by atoms with Crippen molar-refractivity contribution in [3.05, 3.63) is 80.9 Å². The number of rotatable bonds is 7. The van der Waals surface area contributed by atoms with E-state index in [1.165, 1.54) is 43.5 Å². The number of non-ortho nitro benzene ring substituents is 1. The molecule has 11 heteroatoms. The zero-order valence-electron chi connectivity index (χ0n) is 17.4. The first-order valence-corrected chi connectivity index (χ1v) is 11.1. The molecule has 32 heavy (non-hydrogen) atoms. The number of hydrogen-bond acceptors (Lipinski definition) is 7. The molecule has 0 atom stereocenters. The Morgan fingerprint density at radius 2 is 1.66 bits per heavy atom. The van der Waals surface area contributed by atoms with Gasteiger partial charge in [-0.2, -0.15) is 5.11 Å². The first-order valence-electron chi connectivity index (χ1n) is 9.24. The van der Waals surface area contributed by atoms with E-state index in [4.69, 9.17) is 16.3 Å². The van der Waals surface area contributed by atoms with Gasteiger partial charge < -0.3 is 4.74 Å². The molecule has 3 aromatic rings. The molecule has 166 valence electrons. The average molecular weight is 475 g/mol. The summed E-state index contributed by atoms with van der Waals surface area (Å²) in [4.78, 5) is 10.4. The average Bonchev–Trinajstić information content (AvgIpc) is 2.74. The van der Waals surface area contributed by atoms with Crippen molar-refractivity contribution in [1.29, 1.82) is 0 Å². The van der Waals surface area contributed by atoms with Crippen LogP contribution in [0.15, 0.2) is 69.7 Å². The van der Waals surface area contributed by atoms with Crippen LogP contribution in [0.2, 0.25) is 5.02 Å². The van der Waals surface area contributed by atoms with Crippen LogP contribution in [0, 0.1) is 24.0 Å². The molecular weight excluding hydrogens is 456 g/mol. The van der Waals surface area contributed by atoms with E-state index in [2.05, 4.69) is 15.0 Å². The fraction of sp³-hybridized carbons (Fsp3) is 0.143. The number of nitro groups is 1. The Labute approximate surface area is 189 Å². The molecule has 9 nitrogen and oxygen atoms in total. The predicted octanol–water partition coefficient (Wildman–Crippen LogP) is 6.09. The molecule has 0 unspecified atom stereocenters. The molecule has 0 bridgehead atoms. The minimum absolute atomic E-state index is 0.0787. The lowest BCUT2D eigenvalue weighted by atomic mass is 10.1. The van der Waals surface area contributed by atoms with Gasteiger partial charge in [-0.05, 0) is 43.7 Å². The van der Waals surface area contributed by atoms with E-state index in [9.17, 15) is 18.5 Å². The Morgan fingerprint density at radius 1 is 1.00 bits per heavy atom. The van der Waals surface area contributed by atoms with Crippen molar-refractivity contribution in [3.8, 4) is 5.75 Å². The molecule has 0 saturated heterocycles. The third-order valence-corrected chi connectivity index (χ3v) is 6.19. The summed E-state index contributed by atoms with van der Waals surface area (Å²) in [7, 11) is -2.42. The van der Waals surface area contributed by atoms with Crippen LogP contribution in [-0.4, -0.2) is 20.5 Å². The maximum Gasteiger partial charge on any atom is 0.271 e. The first-order chi connectivity index (χ1) is 15.1. The molecule has 0 aliphatic heterocycles. The number of benzene rings is 3. The van der Waals surface area contributed by atoms with Gasteiger partial charge in [0.1, 0.15) is 11.4 Å². The second-order valence-corrected chi connectivity index (χ2v) is 8.94.